The van der Waals surface area contributed by atoms with Gasteiger partial charge in [-0.1, -0.05) is 12.1 Å². The van der Waals surface area contributed by atoms with Crippen molar-refractivity contribution in [2.24, 2.45) is 5.92 Å². The number of amides is 1. The molecule has 0 atom stereocenters. The molecule has 122 valence electrons. The number of aromatic nitrogens is 1. The van der Waals surface area contributed by atoms with Crippen LogP contribution in [0.5, 0.6) is 0 Å². The average molecular weight is 329 g/mol. The molecule has 1 aliphatic rings. The second-order valence-corrected chi connectivity index (χ2v) is 7.19. The van der Waals surface area contributed by atoms with E-state index in [1.165, 1.54) is 0 Å². The van der Waals surface area contributed by atoms with Crippen LogP contribution >= 0.6 is 11.3 Å². The lowest BCUT2D eigenvalue weighted by Gasteiger charge is -2.32. The van der Waals surface area contributed by atoms with Gasteiger partial charge in [-0.05, 0) is 51.4 Å². The number of likely N-dealkylation sites (tertiary alicyclic amines) is 1. The summed E-state index contributed by atoms with van der Waals surface area (Å²) in [5, 5.41) is 6.32. The molecule has 1 saturated heterocycles. The summed E-state index contributed by atoms with van der Waals surface area (Å²) in [7, 11) is 1.99. The number of aryl methyl sites for hydroxylation is 1. The third-order valence-corrected chi connectivity index (χ3v) is 5.19. The summed E-state index contributed by atoms with van der Waals surface area (Å²) in [5.41, 5.74) is 2.74. The highest BCUT2D eigenvalue weighted by atomic mass is 32.1. The highest BCUT2D eigenvalue weighted by Crippen LogP contribution is 2.24. The van der Waals surface area contributed by atoms with Gasteiger partial charge in [0.05, 0.1) is 10.7 Å². The van der Waals surface area contributed by atoms with E-state index in [0.717, 1.165) is 54.3 Å². The molecular formula is C18H23N3OS. The zero-order valence-electron chi connectivity index (χ0n) is 13.7. The van der Waals surface area contributed by atoms with Gasteiger partial charge >= 0.3 is 0 Å². The Morgan fingerprint density at radius 3 is 2.83 bits per heavy atom. The minimum absolute atomic E-state index is 0.140. The minimum atomic E-state index is 0.140. The number of carbonyl (C=O) groups is 1. The molecule has 0 spiro atoms. The monoisotopic (exact) mass is 329 g/mol. The van der Waals surface area contributed by atoms with Crippen LogP contribution in [0.3, 0.4) is 0 Å². The normalized spacial score (nSPS) is 15.8. The molecule has 2 aromatic rings. The Hall–Kier alpha value is -1.72. The van der Waals surface area contributed by atoms with Gasteiger partial charge in [0.25, 0.3) is 5.91 Å². The van der Waals surface area contributed by atoms with E-state index in [1.54, 1.807) is 11.3 Å². The smallest absolute Gasteiger partial charge is 0.253 e. The van der Waals surface area contributed by atoms with Crippen molar-refractivity contribution in [1.82, 2.24) is 15.2 Å². The zero-order chi connectivity index (χ0) is 16.2. The van der Waals surface area contributed by atoms with Crippen LogP contribution in [-0.2, 0) is 0 Å². The number of hydrogen-bond donors (Lipinski definition) is 1. The molecule has 0 unspecified atom stereocenters. The first kappa shape index (κ1) is 16.1. The van der Waals surface area contributed by atoms with Crippen LogP contribution < -0.4 is 5.32 Å². The van der Waals surface area contributed by atoms with Crippen LogP contribution in [0, 0.1) is 12.8 Å². The van der Waals surface area contributed by atoms with Crippen molar-refractivity contribution in [2.45, 2.75) is 19.8 Å². The molecule has 1 N–H and O–H groups in total. The van der Waals surface area contributed by atoms with Crippen molar-refractivity contribution in [3.63, 3.8) is 0 Å². The molecule has 0 bridgehead atoms. The Labute approximate surface area is 141 Å². The molecule has 1 fully saturated rings. The van der Waals surface area contributed by atoms with Crippen molar-refractivity contribution < 1.29 is 4.79 Å². The first-order valence-electron chi connectivity index (χ1n) is 8.14. The van der Waals surface area contributed by atoms with Crippen molar-refractivity contribution in [1.29, 1.82) is 0 Å². The predicted octanol–water partition coefficient (Wildman–Crippen LogP) is 3.19. The van der Waals surface area contributed by atoms with Gasteiger partial charge in [0, 0.05) is 29.6 Å². The van der Waals surface area contributed by atoms with Crippen LogP contribution in [0.25, 0.3) is 11.3 Å². The van der Waals surface area contributed by atoms with Crippen LogP contribution in [0.15, 0.2) is 29.6 Å². The van der Waals surface area contributed by atoms with Crippen LogP contribution in [0.1, 0.15) is 28.2 Å². The van der Waals surface area contributed by atoms with Crippen LogP contribution in [0.4, 0.5) is 0 Å². The van der Waals surface area contributed by atoms with Gasteiger partial charge in [-0.2, -0.15) is 0 Å². The van der Waals surface area contributed by atoms with E-state index < -0.39 is 0 Å². The van der Waals surface area contributed by atoms with E-state index in [-0.39, 0.29) is 5.91 Å². The first-order valence-corrected chi connectivity index (χ1v) is 9.02. The second-order valence-electron chi connectivity index (χ2n) is 6.13. The topological polar surface area (TPSA) is 45.2 Å². The van der Waals surface area contributed by atoms with Crippen molar-refractivity contribution >= 4 is 17.2 Å². The summed E-state index contributed by atoms with van der Waals surface area (Å²) < 4.78 is 0. The molecule has 1 aromatic heterocycles. The lowest BCUT2D eigenvalue weighted by atomic mass is 9.96. The van der Waals surface area contributed by atoms with E-state index in [9.17, 15) is 4.79 Å². The summed E-state index contributed by atoms with van der Waals surface area (Å²) in [4.78, 5) is 19.2. The molecule has 0 saturated carbocycles. The number of nitrogens with one attached hydrogen (secondary N) is 1. The molecular weight excluding hydrogens is 306 g/mol. The summed E-state index contributed by atoms with van der Waals surface area (Å²) in [6.45, 7) is 4.75. The Morgan fingerprint density at radius 1 is 1.39 bits per heavy atom. The minimum Gasteiger partial charge on any atom is -0.339 e. The fourth-order valence-corrected chi connectivity index (χ4v) is 3.74. The van der Waals surface area contributed by atoms with Gasteiger partial charge < -0.3 is 10.2 Å². The molecule has 0 aliphatic carbocycles. The highest BCUT2D eigenvalue weighted by molar-refractivity contribution is 7.09. The maximum Gasteiger partial charge on any atom is 0.253 e. The number of piperidine rings is 1. The molecule has 1 aromatic carbocycles. The second kappa shape index (κ2) is 7.23. The van der Waals surface area contributed by atoms with Crippen LogP contribution in [0.2, 0.25) is 0 Å². The molecule has 1 aliphatic heterocycles. The van der Waals surface area contributed by atoms with E-state index in [0.29, 0.717) is 5.92 Å². The van der Waals surface area contributed by atoms with E-state index in [1.807, 2.05) is 48.5 Å². The summed E-state index contributed by atoms with van der Waals surface area (Å²) in [6.07, 6.45) is 2.16. The number of benzene rings is 1. The van der Waals surface area contributed by atoms with Gasteiger partial charge in [0.2, 0.25) is 0 Å². The fraction of sp³-hybridized carbons (Fsp3) is 0.444. The maximum absolute atomic E-state index is 12.7. The standard InChI is InChI=1S/C18H23N3OS/c1-13-20-17(12-23-13)15-4-3-5-16(10-15)18(22)21-8-6-14(7-9-21)11-19-2/h3-5,10,12,14,19H,6-9,11H2,1-2H3. The summed E-state index contributed by atoms with van der Waals surface area (Å²) >= 11 is 1.63. The number of carbonyl (C=O) groups excluding carboxylic acids is 1. The van der Waals surface area contributed by atoms with Gasteiger partial charge in [-0.25, -0.2) is 4.98 Å². The molecule has 2 heterocycles. The van der Waals surface area contributed by atoms with Crippen LogP contribution in [-0.4, -0.2) is 42.5 Å². The largest absolute Gasteiger partial charge is 0.339 e. The lowest BCUT2D eigenvalue weighted by molar-refractivity contribution is 0.0691. The van der Waals surface area contributed by atoms with Gasteiger partial charge in [-0.15, -0.1) is 11.3 Å². The van der Waals surface area contributed by atoms with E-state index in [2.05, 4.69) is 10.3 Å². The Morgan fingerprint density at radius 2 is 2.17 bits per heavy atom. The Kier molecular flexibility index (Phi) is 5.08. The number of hydrogen-bond acceptors (Lipinski definition) is 4. The number of nitrogens with zero attached hydrogens (tertiary/aromatic N) is 2. The number of thiazole rings is 1. The molecule has 5 heteroatoms. The Balaban J connectivity index is 1.71. The maximum atomic E-state index is 12.7. The summed E-state index contributed by atoms with van der Waals surface area (Å²) in [6, 6.07) is 7.84. The predicted molar refractivity (Wildman–Crippen MR) is 94.8 cm³/mol. The van der Waals surface area contributed by atoms with Crippen molar-refractivity contribution in [3.05, 3.63) is 40.2 Å². The third kappa shape index (κ3) is 3.79. The SMILES string of the molecule is CNCC1CCN(C(=O)c2cccc(-c3csc(C)n3)c2)CC1. The molecule has 4 nitrogen and oxygen atoms in total. The fourth-order valence-electron chi connectivity index (χ4n) is 3.12. The molecule has 0 radical (unpaired) electrons. The third-order valence-electron chi connectivity index (χ3n) is 4.42. The van der Waals surface area contributed by atoms with Gasteiger partial charge in [0.15, 0.2) is 0 Å². The van der Waals surface area contributed by atoms with E-state index >= 15 is 0 Å². The van der Waals surface area contributed by atoms with Crippen molar-refractivity contribution in [3.8, 4) is 11.3 Å². The van der Waals surface area contributed by atoms with Crippen molar-refractivity contribution in [2.75, 3.05) is 26.7 Å². The summed E-state index contributed by atoms with van der Waals surface area (Å²) in [5.74, 6) is 0.829. The van der Waals surface area contributed by atoms with E-state index in [4.69, 9.17) is 0 Å². The zero-order valence-corrected chi connectivity index (χ0v) is 14.5. The molecule has 23 heavy (non-hydrogen) atoms. The van der Waals surface area contributed by atoms with Gasteiger partial charge in [-0.3, -0.25) is 4.79 Å². The molecule has 1 amide bonds. The number of rotatable bonds is 4. The Bertz CT molecular complexity index is 674. The molecule has 3 rings (SSSR count). The quantitative estimate of drug-likeness (QED) is 0.937. The average Bonchev–Trinajstić information content (AvgIpc) is 3.02. The lowest BCUT2D eigenvalue weighted by Crippen LogP contribution is -2.40. The highest BCUT2D eigenvalue weighted by Gasteiger charge is 2.23. The first-order chi connectivity index (χ1) is 11.2. The van der Waals surface area contributed by atoms with Gasteiger partial charge in [0.1, 0.15) is 0 Å².